The first-order valence-corrected chi connectivity index (χ1v) is 8.77. The van der Waals surface area contributed by atoms with Gasteiger partial charge in [0.1, 0.15) is 0 Å². The summed E-state index contributed by atoms with van der Waals surface area (Å²) < 4.78 is 0. The second-order valence-electron chi connectivity index (χ2n) is 5.59. The first-order valence-electron chi connectivity index (χ1n) is 8.01. The Morgan fingerprint density at radius 2 is 0.786 bits per heavy atom. The number of amides is 4. The van der Waals surface area contributed by atoms with Crippen LogP contribution in [-0.2, 0) is 19.2 Å². The molecule has 0 aliphatic carbocycles. The van der Waals surface area contributed by atoms with Crippen LogP contribution in [0.5, 0.6) is 0 Å². The largest absolute Gasteiger partial charge is 0.269 e. The first kappa shape index (κ1) is 19.5. The molecule has 28 heavy (non-hydrogen) atoms. The third-order valence-corrected chi connectivity index (χ3v) is 4.44. The topological polar surface area (TPSA) is 74.8 Å². The molecule has 4 amide bonds. The van der Waals surface area contributed by atoms with Crippen molar-refractivity contribution in [3.63, 3.8) is 0 Å². The maximum absolute atomic E-state index is 11.3. The number of rotatable bonds is 2. The molecule has 8 heteroatoms. The second kappa shape index (κ2) is 8.21. The predicted octanol–water partition coefficient (Wildman–Crippen LogP) is 3.54. The second-order valence-corrected chi connectivity index (χ2v) is 6.41. The van der Waals surface area contributed by atoms with Crippen molar-refractivity contribution in [2.45, 2.75) is 0 Å². The maximum atomic E-state index is 11.3. The van der Waals surface area contributed by atoms with E-state index in [0.29, 0.717) is 21.4 Å². The zero-order valence-corrected chi connectivity index (χ0v) is 15.7. The molecule has 2 heterocycles. The van der Waals surface area contributed by atoms with E-state index in [0.717, 1.165) is 9.80 Å². The maximum Gasteiger partial charge on any atom is 0.258 e. The summed E-state index contributed by atoms with van der Waals surface area (Å²) in [4.78, 5) is 47.3. The summed E-state index contributed by atoms with van der Waals surface area (Å²) in [6.07, 6.45) is 4.91. The van der Waals surface area contributed by atoms with Crippen LogP contribution in [-0.4, -0.2) is 23.6 Å². The Morgan fingerprint density at radius 3 is 1.07 bits per heavy atom. The van der Waals surface area contributed by atoms with Gasteiger partial charge in [-0.05, 0) is 24.3 Å². The third-order valence-electron chi connectivity index (χ3n) is 3.81. The zero-order chi connectivity index (χ0) is 20.3. The molecule has 140 valence electrons. The van der Waals surface area contributed by atoms with Gasteiger partial charge in [0.15, 0.2) is 0 Å². The average Bonchev–Trinajstić information content (AvgIpc) is 3.18. The van der Waals surface area contributed by atoms with Crippen molar-refractivity contribution >= 4 is 58.2 Å². The summed E-state index contributed by atoms with van der Waals surface area (Å²) in [5.74, 6) is -1.43. The highest BCUT2D eigenvalue weighted by Crippen LogP contribution is 2.28. The van der Waals surface area contributed by atoms with Crippen LogP contribution in [0.1, 0.15) is 0 Å². The molecule has 0 atom stereocenters. The summed E-state index contributed by atoms with van der Waals surface area (Å²) >= 11 is 11.7. The van der Waals surface area contributed by atoms with Crippen molar-refractivity contribution in [2.75, 3.05) is 9.80 Å². The SMILES string of the molecule is O=C1C=CC(=O)N1c1ccccc1Cl.O=C1C=CC(=O)N1c1ccccc1Cl. The van der Waals surface area contributed by atoms with E-state index in [1.54, 1.807) is 48.5 Å². The zero-order valence-electron chi connectivity index (χ0n) is 14.2. The van der Waals surface area contributed by atoms with Crippen molar-refractivity contribution in [1.29, 1.82) is 0 Å². The summed E-state index contributed by atoms with van der Waals surface area (Å²) in [5, 5.41) is 0.774. The highest BCUT2D eigenvalue weighted by molar-refractivity contribution is 6.38. The summed E-state index contributed by atoms with van der Waals surface area (Å²) in [7, 11) is 0. The molecule has 0 fully saturated rings. The molecular formula is C20H12Cl2N2O4. The molecule has 0 saturated carbocycles. The van der Waals surface area contributed by atoms with Gasteiger partial charge in [0.2, 0.25) is 0 Å². The highest BCUT2D eigenvalue weighted by atomic mass is 35.5. The lowest BCUT2D eigenvalue weighted by Crippen LogP contribution is -2.29. The van der Waals surface area contributed by atoms with Crippen LogP contribution in [0.15, 0.2) is 72.8 Å². The van der Waals surface area contributed by atoms with E-state index >= 15 is 0 Å². The number of para-hydroxylation sites is 2. The lowest BCUT2D eigenvalue weighted by atomic mass is 10.3. The van der Waals surface area contributed by atoms with E-state index in [2.05, 4.69) is 0 Å². The molecule has 4 rings (SSSR count). The number of benzene rings is 2. The molecule has 2 aliphatic rings. The first-order chi connectivity index (χ1) is 13.4. The minimum atomic E-state index is -0.358. The van der Waals surface area contributed by atoms with Crippen LogP contribution in [0, 0.1) is 0 Å². The van der Waals surface area contributed by atoms with Crippen LogP contribution in [0.4, 0.5) is 11.4 Å². The summed E-state index contributed by atoms with van der Waals surface area (Å²) in [5.41, 5.74) is 0.850. The van der Waals surface area contributed by atoms with E-state index in [1.807, 2.05) is 0 Å². The number of imide groups is 2. The van der Waals surface area contributed by atoms with Gasteiger partial charge in [0, 0.05) is 24.3 Å². The molecule has 2 aromatic rings. The molecule has 6 nitrogen and oxygen atoms in total. The molecule has 0 spiro atoms. The van der Waals surface area contributed by atoms with Gasteiger partial charge < -0.3 is 0 Å². The predicted molar refractivity (Wildman–Crippen MR) is 106 cm³/mol. The Hall–Kier alpha value is -3.22. The molecule has 0 N–H and O–H groups in total. The molecule has 0 bridgehead atoms. The Bertz CT molecular complexity index is 927. The van der Waals surface area contributed by atoms with Crippen LogP contribution in [0.2, 0.25) is 10.0 Å². The quantitative estimate of drug-likeness (QED) is 0.704. The Kier molecular flexibility index (Phi) is 5.73. The lowest BCUT2D eigenvalue weighted by Gasteiger charge is -2.14. The molecule has 0 unspecified atom stereocenters. The number of carbonyl (C=O) groups is 4. The van der Waals surface area contributed by atoms with Gasteiger partial charge in [0.05, 0.1) is 21.4 Å². The Labute approximate surface area is 170 Å². The van der Waals surface area contributed by atoms with Crippen molar-refractivity contribution in [3.8, 4) is 0 Å². The van der Waals surface area contributed by atoms with Crippen molar-refractivity contribution in [2.24, 2.45) is 0 Å². The van der Waals surface area contributed by atoms with Gasteiger partial charge in [-0.25, -0.2) is 9.80 Å². The fourth-order valence-corrected chi connectivity index (χ4v) is 2.98. The summed E-state index contributed by atoms with van der Waals surface area (Å²) in [6.45, 7) is 0. The van der Waals surface area contributed by atoms with Gasteiger partial charge in [-0.1, -0.05) is 47.5 Å². The van der Waals surface area contributed by atoms with Crippen LogP contribution in [0.3, 0.4) is 0 Å². The Morgan fingerprint density at radius 1 is 0.500 bits per heavy atom. The Balaban J connectivity index is 0.000000161. The van der Waals surface area contributed by atoms with E-state index in [-0.39, 0.29) is 23.6 Å². The molecule has 2 aliphatic heterocycles. The molecule has 2 aromatic carbocycles. The van der Waals surface area contributed by atoms with Gasteiger partial charge in [-0.15, -0.1) is 0 Å². The minimum Gasteiger partial charge on any atom is -0.269 e. The van der Waals surface area contributed by atoms with Gasteiger partial charge in [0.25, 0.3) is 23.6 Å². The van der Waals surface area contributed by atoms with Crippen molar-refractivity contribution < 1.29 is 19.2 Å². The van der Waals surface area contributed by atoms with Crippen LogP contribution >= 0.6 is 23.2 Å². The number of hydrogen-bond acceptors (Lipinski definition) is 4. The molecular weight excluding hydrogens is 403 g/mol. The average molecular weight is 415 g/mol. The number of nitrogens with zero attached hydrogens (tertiary/aromatic N) is 2. The van der Waals surface area contributed by atoms with E-state index < -0.39 is 0 Å². The van der Waals surface area contributed by atoms with Crippen LogP contribution < -0.4 is 9.80 Å². The monoisotopic (exact) mass is 414 g/mol. The molecule has 0 radical (unpaired) electrons. The molecule has 0 aromatic heterocycles. The van der Waals surface area contributed by atoms with Crippen molar-refractivity contribution in [1.82, 2.24) is 0 Å². The molecule has 0 saturated heterocycles. The number of hydrogen-bond donors (Lipinski definition) is 0. The van der Waals surface area contributed by atoms with Crippen molar-refractivity contribution in [3.05, 3.63) is 82.9 Å². The standard InChI is InChI=1S/2C10H6ClNO2/c2*11-7-3-1-2-4-8(7)12-9(13)5-6-10(12)14/h2*1-6H. The van der Waals surface area contributed by atoms with E-state index in [1.165, 1.54) is 24.3 Å². The fraction of sp³-hybridized carbons (Fsp3) is 0. The lowest BCUT2D eigenvalue weighted by molar-refractivity contribution is -0.121. The minimum absolute atomic E-state index is 0.358. The smallest absolute Gasteiger partial charge is 0.258 e. The normalized spacial score (nSPS) is 15.4. The highest BCUT2D eigenvalue weighted by Gasteiger charge is 2.27. The fourth-order valence-electron chi connectivity index (χ4n) is 2.54. The summed E-state index contributed by atoms with van der Waals surface area (Å²) in [6, 6.07) is 13.5. The van der Waals surface area contributed by atoms with Gasteiger partial charge in [-0.3, -0.25) is 19.2 Å². The van der Waals surface area contributed by atoms with Gasteiger partial charge >= 0.3 is 0 Å². The van der Waals surface area contributed by atoms with E-state index in [4.69, 9.17) is 23.2 Å². The third kappa shape index (κ3) is 3.88. The van der Waals surface area contributed by atoms with Crippen LogP contribution in [0.25, 0.3) is 0 Å². The number of anilines is 2. The van der Waals surface area contributed by atoms with Gasteiger partial charge in [-0.2, -0.15) is 0 Å². The number of halogens is 2. The number of carbonyl (C=O) groups excluding carboxylic acids is 4. The van der Waals surface area contributed by atoms with E-state index in [9.17, 15) is 19.2 Å².